The first-order valence-corrected chi connectivity index (χ1v) is 9.59. The number of allylic oxidation sites excluding steroid dienone is 1. The molecule has 2 nitrogen and oxygen atoms in total. The maximum absolute atomic E-state index is 11.2. The van der Waals surface area contributed by atoms with Crippen molar-refractivity contribution in [3.8, 4) is 0 Å². The van der Waals surface area contributed by atoms with E-state index in [9.17, 15) is 10.2 Å². The van der Waals surface area contributed by atoms with Crippen LogP contribution in [0.15, 0.2) is 11.6 Å². The van der Waals surface area contributed by atoms with Gasteiger partial charge in [0.25, 0.3) is 0 Å². The van der Waals surface area contributed by atoms with Crippen LogP contribution in [0.5, 0.6) is 0 Å². The van der Waals surface area contributed by atoms with Crippen LogP contribution in [0.2, 0.25) is 0 Å². The van der Waals surface area contributed by atoms with Gasteiger partial charge in [0, 0.05) is 0 Å². The molecular weight excluding hydrogens is 272 g/mol. The Kier molecular flexibility index (Phi) is 3.51. The van der Waals surface area contributed by atoms with E-state index in [2.05, 4.69) is 19.9 Å². The van der Waals surface area contributed by atoms with Crippen molar-refractivity contribution in [2.45, 2.75) is 83.3 Å². The highest BCUT2D eigenvalue weighted by atomic mass is 16.3. The second kappa shape index (κ2) is 5.08. The van der Waals surface area contributed by atoms with E-state index in [0.29, 0.717) is 0 Å². The van der Waals surface area contributed by atoms with Crippen LogP contribution in [0.25, 0.3) is 0 Å². The summed E-state index contributed by atoms with van der Waals surface area (Å²) in [6, 6.07) is 0. The lowest BCUT2D eigenvalue weighted by molar-refractivity contribution is -0.119. The van der Waals surface area contributed by atoms with Gasteiger partial charge in [-0.1, -0.05) is 25.5 Å². The third-order valence-corrected chi connectivity index (χ3v) is 8.34. The normalized spacial score (nSPS) is 54.2. The molecular formula is C20H32O2. The van der Waals surface area contributed by atoms with Crippen molar-refractivity contribution in [2.75, 3.05) is 0 Å². The van der Waals surface area contributed by atoms with Crippen LogP contribution in [0.4, 0.5) is 0 Å². The summed E-state index contributed by atoms with van der Waals surface area (Å²) in [6.07, 6.45) is 12.3. The number of fused-ring (bicyclic) bond motifs is 5. The van der Waals surface area contributed by atoms with E-state index >= 15 is 0 Å². The van der Waals surface area contributed by atoms with E-state index in [-0.39, 0.29) is 11.5 Å². The number of rotatable bonds is 1. The molecule has 0 radical (unpaired) electrons. The minimum absolute atomic E-state index is 0.151. The maximum atomic E-state index is 11.2. The topological polar surface area (TPSA) is 40.5 Å². The quantitative estimate of drug-likeness (QED) is 0.717. The number of aliphatic hydroxyl groups is 2. The number of hydrogen-bond acceptors (Lipinski definition) is 2. The summed E-state index contributed by atoms with van der Waals surface area (Å²) in [5.74, 6) is 3.10. The van der Waals surface area contributed by atoms with Gasteiger partial charge >= 0.3 is 0 Å². The molecule has 3 saturated carbocycles. The second-order valence-electron chi connectivity index (χ2n) is 8.85. The summed E-state index contributed by atoms with van der Waals surface area (Å²) < 4.78 is 0. The average Bonchev–Trinajstić information content (AvgIpc) is 2.79. The lowest BCUT2D eigenvalue weighted by Crippen LogP contribution is -2.52. The van der Waals surface area contributed by atoms with Gasteiger partial charge in [0.15, 0.2) is 0 Å². The Labute approximate surface area is 135 Å². The fourth-order valence-electron chi connectivity index (χ4n) is 7.00. The van der Waals surface area contributed by atoms with E-state index in [4.69, 9.17) is 0 Å². The van der Waals surface area contributed by atoms with E-state index in [0.717, 1.165) is 42.9 Å². The molecule has 2 N–H and O–H groups in total. The fourth-order valence-corrected chi connectivity index (χ4v) is 7.00. The van der Waals surface area contributed by atoms with E-state index < -0.39 is 5.60 Å². The highest BCUT2D eigenvalue weighted by molar-refractivity contribution is 5.21. The van der Waals surface area contributed by atoms with Crippen LogP contribution < -0.4 is 0 Å². The zero-order valence-electron chi connectivity index (χ0n) is 14.2. The van der Waals surface area contributed by atoms with Gasteiger partial charge in [-0.25, -0.2) is 0 Å². The average molecular weight is 304 g/mol. The zero-order valence-corrected chi connectivity index (χ0v) is 14.2. The molecule has 0 aliphatic heterocycles. The van der Waals surface area contributed by atoms with Crippen molar-refractivity contribution in [3.05, 3.63) is 11.6 Å². The van der Waals surface area contributed by atoms with E-state index in [1.807, 2.05) is 0 Å². The molecule has 2 heteroatoms. The fraction of sp³-hybridized carbons (Fsp3) is 0.900. The molecule has 0 spiro atoms. The summed E-state index contributed by atoms with van der Waals surface area (Å²) in [7, 11) is 0. The Bertz CT molecular complexity index is 484. The molecule has 7 atom stereocenters. The van der Waals surface area contributed by atoms with Crippen molar-refractivity contribution in [1.82, 2.24) is 0 Å². The molecule has 0 aromatic carbocycles. The van der Waals surface area contributed by atoms with Crippen molar-refractivity contribution >= 4 is 0 Å². The van der Waals surface area contributed by atoms with E-state index in [1.54, 1.807) is 5.57 Å². The number of aliphatic hydroxyl groups excluding tert-OH is 1. The van der Waals surface area contributed by atoms with Crippen molar-refractivity contribution in [3.63, 3.8) is 0 Å². The van der Waals surface area contributed by atoms with Gasteiger partial charge in [0.1, 0.15) is 0 Å². The van der Waals surface area contributed by atoms with Gasteiger partial charge in [-0.15, -0.1) is 0 Å². The molecule has 0 heterocycles. The highest BCUT2D eigenvalue weighted by Gasteiger charge is 2.61. The predicted octanol–water partition coefficient (Wildman–Crippen LogP) is 4.06. The highest BCUT2D eigenvalue weighted by Crippen LogP contribution is 2.65. The van der Waals surface area contributed by atoms with Crippen molar-refractivity contribution in [1.29, 1.82) is 0 Å². The first kappa shape index (κ1) is 15.2. The van der Waals surface area contributed by atoms with Crippen LogP contribution in [0.3, 0.4) is 0 Å². The molecule has 3 fully saturated rings. The summed E-state index contributed by atoms with van der Waals surface area (Å²) in [5.41, 5.74) is 1.30. The lowest BCUT2D eigenvalue weighted by Gasteiger charge is -2.56. The Morgan fingerprint density at radius 3 is 2.68 bits per heavy atom. The smallest absolute Gasteiger partial charge is 0.0723 e. The van der Waals surface area contributed by atoms with Gasteiger partial charge in [-0.2, -0.15) is 0 Å². The first-order chi connectivity index (χ1) is 10.5. The zero-order chi connectivity index (χ0) is 15.5. The van der Waals surface area contributed by atoms with Crippen molar-refractivity contribution < 1.29 is 10.2 Å². The van der Waals surface area contributed by atoms with Gasteiger partial charge in [0.05, 0.1) is 11.7 Å². The Hall–Kier alpha value is -0.340. The molecule has 0 amide bonds. The third-order valence-electron chi connectivity index (χ3n) is 8.34. The summed E-state index contributed by atoms with van der Waals surface area (Å²) in [5, 5.41) is 21.1. The van der Waals surface area contributed by atoms with Crippen LogP contribution in [0, 0.1) is 29.1 Å². The Morgan fingerprint density at radius 2 is 1.91 bits per heavy atom. The second-order valence-corrected chi connectivity index (χ2v) is 8.85. The first-order valence-electron chi connectivity index (χ1n) is 9.59. The standard InChI is InChI=1S/C20H32O2/c1-3-20(22)11-9-18-17-6-4-13-12-14(21)5-7-15(13)16(17)8-10-19(18,20)2/h12,14-18,21-22H,3-11H2,1-2H3/t14?,15-,16+,17+,18-,19-,20?/m0/s1. The summed E-state index contributed by atoms with van der Waals surface area (Å²) in [6.45, 7) is 4.56. The maximum Gasteiger partial charge on any atom is 0.0723 e. The summed E-state index contributed by atoms with van der Waals surface area (Å²) >= 11 is 0. The molecule has 4 rings (SSSR count). The van der Waals surface area contributed by atoms with Crippen LogP contribution in [-0.2, 0) is 0 Å². The predicted molar refractivity (Wildman–Crippen MR) is 88.3 cm³/mol. The third kappa shape index (κ3) is 1.92. The molecule has 0 aromatic heterocycles. The minimum atomic E-state index is -0.415. The molecule has 0 saturated heterocycles. The van der Waals surface area contributed by atoms with Crippen LogP contribution >= 0.6 is 0 Å². The largest absolute Gasteiger partial charge is 0.389 e. The molecule has 22 heavy (non-hydrogen) atoms. The van der Waals surface area contributed by atoms with E-state index in [1.165, 1.54) is 38.5 Å². The molecule has 124 valence electrons. The Morgan fingerprint density at radius 1 is 1.09 bits per heavy atom. The van der Waals surface area contributed by atoms with Gasteiger partial charge in [-0.05, 0) is 86.9 Å². The van der Waals surface area contributed by atoms with Crippen LogP contribution in [-0.4, -0.2) is 21.9 Å². The molecule has 0 bridgehead atoms. The molecule has 2 unspecified atom stereocenters. The van der Waals surface area contributed by atoms with Gasteiger partial charge in [-0.3, -0.25) is 0 Å². The van der Waals surface area contributed by atoms with Gasteiger partial charge in [0.2, 0.25) is 0 Å². The molecule has 4 aliphatic rings. The molecule has 0 aromatic rings. The SMILES string of the molecule is CCC1(O)CC[C@H]2[C@@H]3CCC4=CC(O)CC[C@@H]4[C@H]3CC[C@@]21C. The van der Waals surface area contributed by atoms with Gasteiger partial charge < -0.3 is 10.2 Å². The van der Waals surface area contributed by atoms with Crippen molar-refractivity contribution in [2.24, 2.45) is 29.1 Å². The van der Waals surface area contributed by atoms with Crippen LogP contribution in [0.1, 0.15) is 71.6 Å². The Balaban J connectivity index is 1.62. The molecule has 4 aliphatic carbocycles. The minimum Gasteiger partial charge on any atom is -0.389 e. The number of hydrogen-bond donors (Lipinski definition) is 2. The summed E-state index contributed by atoms with van der Waals surface area (Å²) in [4.78, 5) is 0. The lowest BCUT2D eigenvalue weighted by atomic mass is 9.50. The monoisotopic (exact) mass is 304 g/mol.